The lowest BCUT2D eigenvalue weighted by molar-refractivity contribution is -0.137. The molecule has 1 aliphatic rings. The highest BCUT2D eigenvalue weighted by Crippen LogP contribution is 2.18. The number of rotatable bonds is 7. The topological polar surface area (TPSA) is 84.7 Å². The van der Waals surface area contributed by atoms with Crippen LogP contribution in [0.3, 0.4) is 0 Å². The molecule has 0 bridgehead atoms. The first kappa shape index (κ1) is 21.3. The Kier molecular flexibility index (Phi) is 9.31. The van der Waals surface area contributed by atoms with Crippen molar-refractivity contribution < 1.29 is 14.3 Å². The fourth-order valence-corrected chi connectivity index (χ4v) is 2.71. The van der Waals surface area contributed by atoms with E-state index in [2.05, 4.69) is 5.32 Å². The molecule has 0 saturated carbocycles. The standard InChI is InChI=1S/C18H27N3O3.ClH/c1-14(19)7-10-20-18(23)15-8-11-21(12-9-15)17(22)13-24-16-5-3-2-4-6-16;/h2-6,14-15H,7-13,19H2,1H3,(H,20,23);1H. The van der Waals surface area contributed by atoms with Gasteiger partial charge in [0.25, 0.3) is 5.91 Å². The smallest absolute Gasteiger partial charge is 0.260 e. The van der Waals surface area contributed by atoms with E-state index < -0.39 is 0 Å². The van der Waals surface area contributed by atoms with Crippen LogP contribution in [0.2, 0.25) is 0 Å². The molecular formula is C18H28ClN3O3. The van der Waals surface area contributed by atoms with Crippen LogP contribution in [-0.4, -0.2) is 49.0 Å². The number of carbonyl (C=O) groups excluding carboxylic acids is 2. The summed E-state index contributed by atoms with van der Waals surface area (Å²) in [4.78, 5) is 26.0. The van der Waals surface area contributed by atoms with E-state index in [1.165, 1.54) is 0 Å². The van der Waals surface area contributed by atoms with Gasteiger partial charge in [0.15, 0.2) is 6.61 Å². The number of para-hydroxylation sites is 1. The van der Waals surface area contributed by atoms with Crippen LogP contribution < -0.4 is 15.8 Å². The maximum Gasteiger partial charge on any atom is 0.260 e. The summed E-state index contributed by atoms with van der Waals surface area (Å²) >= 11 is 0. The van der Waals surface area contributed by atoms with E-state index >= 15 is 0 Å². The number of amides is 2. The molecule has 7 heteroatoms. The Morgan fingerprint density at radius 2 is 1.92 bits per heavy atom. The summed E-state index contributed by atoms with van der Waals surface area (Å²) in [7, 11) is 0. The lowest BCUT2D eigenvalue weighted by Crippen LogP contribution is -2.44. The molecule has 1 saturated heterocycles. The van der Waals surface area contributed by atoms with E-state index in [9.17, 15) is 9.59 Å². The molecule has 1 fully saturated rings. The highest BCUT2D eigenvalue weighted by atomic mass is 35.5. The van der Waals surface area contributed by atoms with Crippen molar-refractivity contribution in [3.8, 4) is 5.75 Å². The molecule has 2 amide bonds. The fraction of sp³-hybridized carbons (Fsp3) is 0.556. The summed E-state index contributed by atoms with van der Waals surface area (Å²) in [5, 5.41) is 2.93. The molecule has 140 valence electrons. The van der Waals surface area contributed by atoms with Crippen molar-refractivity contribution >= 4 is 24.2 Å². The van der Waals surface area contributed by atoms with Gasteiger partial charge in [0, 0.05) is 31.6 Å². The first-order chi connectivity index (χ1) is 11.6. The van der Waals surface area contributed by atoms with Crippen molar-refractivity contribution in [3.63, 3.8) is 0 Å². The summed E-state index contributed by atoms with van der Waals surface area (Å²) < 4.78 is 5.49. The fourth-order valence-electron chi connectivity index (χ4n) is 2.71. The summed E-state index contributed by atoms with van der Waals surface area (Å²) in [6, 6.07) is 9.39. The summed E-state index contributed by atoms with van der Waals surface area (Å²) in [5.41, 5.74) is 5.67. The lowest BCUT2D eigenvalue weighted by Gasteiger charge is -2.31. The van der Waals surface area contributed by atoms with Gasteiger partial charge in [-0.25, -0.2) is 0 Å². The number of hydrogen-bond acceptors (Lipinski definition) is 4. The van der Waals surface area contributed by atoms with Crippen LogP contribution in [0.5, 0.6) is 5.75 Å². The lowest BCUT2D eigenvalue weighted by atomic mass is 9.96. The third-order valence-electron chi connectivity index (χ3n) is 4.22. The Balaban J connectivity index is 0.00000312. The maximum atomic E-state index is 12.2. The first-order valence-electron chi connectivity index (χ1n) is 8.55. The molecule has 3 N–H and O–H groups in total. The molecule has 1 aromatic carbocycles. The number of nitrogens with zero attached hydrogens (tertiary/aromatic N) is 1. The second-order valence-electron chi connectivity index (χ2n) is 6.31. The number of piperidine rings is 1. The van der Waals surface area contributed by atoms with Gasteiger partial charge in [-0.15, -0.1) is 12.4 Å². The van der Waals surface area contributed by atoms with E-state index in [1.807, 2.05) is 37.3 Å². The van der Waals surface area contributed by atoms with Gasteiger partial charge in [-0.2, -0.15) is 0 Å². The van der Waals surface area contributed by atoms with Crippen LogP contribution in [0.15, 0.2) is 30.3 Å². The third kappa shape index (κ3) is 7.32. The molecule has 1 aliphatic heterocycles. The number of benzene rings is 1. The minimum atomic E-state index is -0.0327. The summed E-state index contributed by atoms with van der Waals surface area (Å²) in [6.07, 6.45) is 2.17. The molecule has 0 aromatic heterocycles. The molecular weight excluding hydrogens is 342 g/mol. The monoisotopic (exact) mass is 369 g/mol. The molecule has 0 radical (unpaired) electrons. The number of halogens is 1. The second kappa shape index (κ2) is 10.9. The van der Waals surface area contributed by atoms with Gasteiger partial charge in [0.2, 0.25) is 5.91 Å². The number of hydrogen-bond donors (Lipinski definition) is 2. The molecule has 6 nitrogen and oxygen atoms in total. The number of nitrogens with one attached hydrogen (secondary N) is 1. The van der Waals surface area contributed by atoms with Gasteiger partial charge < -0.3 is 20.7 Å². The maximum absolute atomic E-state index is 12.2. The van der Waals surface area contributed by atoms with Crippen LogP contribution >= 0.6 is 12.4 Å². The van der Waals surface area contributed by atoms with Crippen LogP contribution in [0.25, 0.3) is 0 Å². The average molecular weight is 370 g/mol. The zero-order valence-electron chi connectivity index (χ0n) is 14.6. The van der Waals surface area contributed by atoms with Crippen LogP contribution in [-0.2, 0) is 9.59 Å². The normalized spacial score (nSPS) is 15.8. The highest BCUT2D eigenvalue weighted by molar-refractivity contribution is 5.85. The second-order valence-corrected chi connectivity index (χ2v) is 6.31. The first-order valence-corrected chi connectivity index (χ1v) is 8.55. The molecule has 0 aliphatic carbocycles. The van der Waals surface area contributed by atoms with Gasteiger partial charge in [-0.1, -0.05) is 18.2 Å². The molecule has 2 rings (SSSR count). The van der Waals surface area contributed by atoms with Gasteiger partial charge >= 0.3 is 0 Å². The molecule has 1 atom stereocenters. The zero-order valence-corrected chi connectivity index (χ0v) is 15.5. The van der Waals surface area contributed by atoms with E-state index in [0.717, 1.165) is 6.42 Å². The molecule has 0 spiro atoms. The van der Waals surface area contributed by atoms with Crippen molar-refractivity contribution in [3.05, 3.63) is 30.3 Å². The van der Waals surface area contributed by atoms with Crippen molar-refractivity contribution in [1.82, 2.24) is 10.2 Å². The quantitative estimate of drug-likeness (QED) is 0.764. The largest absolute Gasteiger partial charge is 0.484 e. The summed E-state index contributed by atoms with van der Waals surface area (Å²) in [5.74, 6) is 0.712. The van der Waals surface area contributed by atoms with Crippen LogP contribution in [0, 0.1) is 5.92 Å². The Hall–Kier alpha value is -1.79. The Morgan fingerprint density at radius 1 is 1.28 bits per heavy atom. The summed E-state index contributed by atoms with van der Waals surface area (Å²) in [6.45, 7) is 3.77. The Labute approximate surface area is 155 Å². The SMILES string of the molecule is CC(N)CCNC(=O)C1CCN(C(=O)COc2ccccc2)CC1.Cl. The van der Waals surface area contributed by atoms with E-state index in [1.54, 1.807) is 4.90 Å². The van der Waals surface area contributed by atoms with Crippen molar-refractivity contribution in [2.24, 2.45) is 11.7 Å². The molecule has 1 unspecified atom stereocenters. The number of likely N-dealkylation sites (tertiary alicyclic amines) is 1. The minimum absolute atomic E-state index is 0. The molecule has 25 heavy (non-hydrogen) atoms. The Bertz CT molecular complexity index is 532. The Morgan fingerprint density at radius 3 is 2.52 bits per heavy atom. The van der Waals surface area contributed by atoms with Crippen LogP contribution in [0.4, 0.5) is 0 Å². The predicted octanol–water partition coefficient (Wildman–Crippen LogP) is 1.58. The van der Waals surface area contributed by atoms with Crippen molar-refractivity contribution in [2.75, 3.05) is 26.2 Å². The molecule has 1 heterocycles. The van der Waals surface area contributed by atoms with E-state index in [-0.39, 0.29) is 42.8 Å². The average Bonchev–Trinajstić information content (AvgIpc) is 2.60. The van der Waals surface area contributed by atoms with Crippen molar-refractivity contribution in [2.45, 2.75) is 32.2 Å². The van der Waals surface area contributed by atoms with Gasteiger partial charge in [0.1, 0.15) is 5.75 Å². The van der Waals surface area contributed by atoms with Gasteiger partial charge in [0.05, 0.1) is 0 Å². The van der Waals surface area contributed by atoms with Gasteiger partial charge in [-0.3, -0.25) is 9.59 Å². The number of carbonyl (C=O) groups is 2. The van der Waals surface area contributed by atoms with E-state index in [0.29, 0.717) is 38.2 Å². The number of ether oxygens (including phenoxy) is 1. The third-order valence-corrected chi connectivity index (χ3v) is 4.22. The van der Waals surface area contributed by atoms with E-state index in [4.69, 9.17) is 10.5 Å². The van der Waals surface area contributed by atoms with Crippen LogP contribution in [0.1, 0.15) is 26.2 Å². The van der Waals surface area contributed by atoms with Gasteiger partial charge in [-0.05, 0) is 38.3 Å². The van der Waals surface area contributed by atoms with Crippen molar-refractivity contribution in [1.29, 1.82) is 0 Å². The number of nitrogens with two attached hydrogens (primary N) is 1. The molecule has 1 aromatic rings. The highest BCUT2D eigenvalue weighted by Gasteiger charge is 2.27. The predicted molar refractivity (Wildman–Crippen MR) is 99.8 cm³/mol. The minimum Gasteiger partial charge on any atom is -0.484 e. The zero-order chi connectivity index (χ0) is 17.4.